The van der Waals surface area contributed by atoms with Crippen LogP contribution in [0.5, 0.6) is 0 Å². The van der Waals surface area contributed by atoms with Crippen LogP contribution in [0.3, 0.4) is 0 Å². The Morgan fingerprint density at radius 1 is 1.11 bits per heavy atom. The highest BCUT2D eigenvalue weighted by atomic mass is 35.5. The van der Waals surface area contributed by atoms with Crippen molar-refractivity contribution in [3.8, 4) is 6.07 Å². The summed E-state index contributed by atoms with van der Waals surface area (Å²) in [6.07, 6.45) is 3.11. The molecule has 0 atom stereocenters. The minimum absolute atomic E-state index is 0.312. The van der Waals surface area contributed by atoms with Crippen LogP contribution in [0.25, 0.3) is 0 Å². The second-order valence-electron chi connectivity index (χ2n) is 6.17. The molecule has 0 radical (unpaired) electrons. The lowest BCUT2D eigenvalue weighted by molar-refractivity contribution is 0.102. The van der Waals surface area contributed by atoms with Crippen LogP contribution in [0.1, 0.15) is 27.0 Å². The smallest absolute Gasteiger partial charge is 0.257 e. The third kappa shape index (κ3) is 4.43. The number of benzene rings is 2. The second kappa shape index (κ2) is 7.90. The van der Waals surface area contributed by atoms with Crippen LogP contribution < -0.4 is 10.6 Å². The standard InChI is InChI=1S/C21H17ClN4O/c1-13-6-14(2)20(19(22)7-13)25-18-9-16(11-24-12-18)21(27)26-17-5-3-4-15(8-17)10-23/h3-9,11-12,25H,1-2H3,(H,26,27). The summed E-state index contributed by atoms with van der Waals surface area (Å²) in [5, 5.41) is 15.6. The molecule has 0 saturated heterocycles. The Balaban J connectivity index is 1.81. The van der Waals surface area contributed by atoms with E-state index in [1.807, 2.05) is 32.0 Å². The number of carbonyl (C=O) groups is 1. The summed E-state index contributed by atoms with van der Waals surface area (Å²) in [6, 6.07) is 14.4. The van der Waals surface area contributed by atoms with Gasteiger partial charge in [0.15, 0.2) is 0 Å². The molecule has 0 spiro atoms. The van der Waals surface area contributed by atoms with Gasteiger partial charge >= 0.3 is 0 Å². The number of hydrogen-bond acceptors (Lipinski definition) is 4. The highest BCUT2D eigenvalue weighted by Crippen LogP contribution is 2.30. The SMILES string of the molecule is Cc1cc(C)c(Nc2cncc(C(=O)Nc3cccc(C#N)c3)c2)c(Cl)c1. The first kappa shape index (κ1) is 18.4. The van der Waals surface area contributed by atoms with Gasteiger partial charge in [-0.2, -0.15) is 5.26 Å². The highest BCUT2D eigenvalue weighted by molar-refractivity contribution is 6.33. The molecule has 0 fully saturated rings. The van der Waals surface area contributed by atoms with Crippen LogP contribution in [-0.4, -0.2) is 10.9 Å². The Hall–Kier alpha value is -3.36. The minimum Gasteiger partial charge on any atom is -0.353 e. The summed E-state index contributed by atoms with van der Waals surface area (Å²) in [4.78, 5) is 16.6. The van der Waals surface area contributed by atoms with E-state index in [-0.39, 0.29) is 5.91 Å². The minimum atomic E-state index is -0.312. The van der Waals surface area contributed by atoms with E-state index in [0.29, 0.717) is 27.5 Å². The van der Waals surface area contributed by atoms with Crippen LogP contribution in [0.2, 0.25) is 5.02 Å². The molecule has 3 aromatic rings. The largest absolute Gasteiger partial charge is 0.353 e. The number of halogens is 1. The lowest BCUT2D eigenvalue weighted by Crippen LogP contribution is -2.12. The van der Waals surface area contributed by atoms with Gasteiger partial charge in [-0.15, -0.1) is 0 Å². The maximum Gasteiger partial charge on any atom is 0.257 e. The fourth-order valence-corrected chi connectivity index (χ4v) is 3.09. The van der Waals surface area contributed by atoms with E-state index in [0.717, 1.165) is 16.8 Å². The number of nitrogens with one attached hydrogen (secondary N) is 2. The van der Waals surface area contributed by atoms with Crippen LogP contribution in [-0.2, 0) is 0 Å². The number of hydrogen-bond donors (Lipinski definition) is 2. The fraction of sp³-hybridized carbons (Fsp3) is 0.0952. The van der Waals surface area contributed by atoms with E-state index < -0.39 is 0 Å². The summed E-state index contributed by atoms with van der Waals surface area (Å²) >= 11 is 6.33. The van der Waals surface area contributed by atoms with Crippen molar-refractivity contribution in [1.29, 1.82) is 5.26 Å². The predicted molar refractivity (Wildman–Crippen MR) is 108 cm³/mol. The Morgan fingerprint density at radius 3 is 2.67 bits per heavy atom. The number of aromatic nitrogens is 1. The van der Waals surface area contributed by atoms with Gasteiger partial charge in [-0.1, -0.05) is 23.7 Å². The first-order valence-electron chi connectivity index (χ1n) is 8.26. The van der Waals surface area contributed by atoms with E-state index in [1.54, 1.807) is 36.5 Å². The number of carbonyl (C=O) groups excluding carboxylic acids is 1. The molecule has 27 heavy (non-hydrogen) atoms. The molecule has 1 amide bonds. The number of rotatable bonds is 4. The van der Waals surface area contributed by atoms with Crippen molar-refractivity contribution >= 4 is 34.6 Å². The molecule has 0 bridgehead atoms. The lowest BCUT2D eigenvalue weighted by Gasteiger charge is -2.13. The number of pyridine rings is 1. The van der Waals surface area contributed by atoms with E-state index in [4.69, 9.17) is 16.9 Å². The van der Waals surface area contributed by atoms with Gasteiger partial charge in [-0.25, -0.2) is 0 Å². The quantitative estimate of drug-likeness (QED) is 0.654. The Kier molecular flexibility index (Phi) is 5.39. The lowest BCUT2D eigenvalue weighted by atomic mass is 10.1. The number of nitriles is 1. The maximum atomic E-state index is 12.5. The first-order chi connectivity index (χ1) is 13.0. The van der Waals surface area contributed by atoms with Crippen LogP contribution in [0, 0.1) is 25.2 Å². The Bertz CT molecular complexity index is 1030. The zero-order valence-corrected chi connectivity index (χ0v) is 15.6. The molecule has 0 aliphatic rings. The summed E-state index contributed by atoms with van der Waals surface area (Å²) in [7, 11) is 0. The molecule has 3 rings (SSSR count). The van der Waals surface area contributed by atoms with Crippen LogP contribution in [0.4, 0.5) is 17.1 Å². The van der Waals surface area contributed by atoms with Gasteiger partial charge in [0, 0.05) is 11.9 Å². The van der Waals surface area contributed by atoms with Crippen molar-refractivity contribution in [2.75, 3.05) is 10.6 Å². The highest BCUT2D eigenvalue weighted by Gasteiger charge is 2.10. The molecule has 0 unspecified atom stereocenters. The van der Waals surface area contributed by atoms with Gasteiger partial charge in [0.25, 0.3) is 5.91 Å². The summed E-state index contributed by atoms with van der Waals surface area (Å²) < 4.78 is 0. The van der Waals surface area contributed by atoms with Gasteiger partial charge in [-0.05, 0) is 55.3 Å². The normalized spacial score (nSPS) is 10.1. The predicted octanol–water partition coefficient (Wildman–Crippen LogP) is 5.22. The Morgan fingerprint density at radius 2 is 1.93 bits per heavy atom. The zero-order chi connectivity index (χ0) is 19.4. The molecule has 0 aliphatic carbocycles. The average molecular weight is 377 g/mol. The van der Waals surface area contributed by atoms with Crippen molar-refractivity contribution in [3.63, 3.8) is 0 Å². The molecule has 5 nitrogen and oxygen atoms in total. The summed E-state index contributed by atoms with van der Waals surface area (Å²) in [5.74, 6) is -0.312. The summed E-state index contributed by atoms with van der Waals surface area (Å²) in [5.41, 5.74) is 4.94. The number of nitrogens with zero attached hydrogens (tertiary/aromatic N) is 2. The molecule has 6 heteroatoms. The van der Waals surface area contributed by atoms with Gasteiger partial charge in [0.1, 0.15) is 0 Å². The van der Waals surface area contributed by atoms with Crippen LogP contribution in [0.15, 0.2) is 54.9 Å². The van der Waals surface area contributed by atoms with E-state index in [1.165, 1.54) is 6.20 Å². The number of amides is 1. The van der Waals surface area contributed by atoms with Crippen molar-refractivity contribution in [2.24, 2.45) is 0 Å². The molecular formula is C21H17ClN4O. The summed E-state index contributed by atoms with van der Waals surface area (Å²) in [6.45, 7) is 3.95. The fourth-order valence-electron chi connectivity index (χ4n) is 2.72. The van der Waals surface area contributed by atoms with Gasteiger partial charge in [0.05, 0.1) is 39.8 Å². The Labute approximate surface area is 162 Å². The van der Waals surface area contributed by atoms with E-state index >= 15 is 0 Å². The third-order valence-electron chi connectivity index (χ3n) is 3.95. The molecule has 1 aromatic heterocycles. The number of anilines is 3. The van der Waals surface area contributed by atoms with E-state index in [2.05, 4.69) is 15.6 Å². The molecule has 0 saturated carbocycles. The van der Waals surface area contributed by atoms with E-state index in [9.17, 15) is 4.79 Å². The van der Waals surface area contributed by atoms with Crippen LogP contribution >= 0.6 is 11.6 Å². The molecule has 0 aliphatic heterocycles. The maximum absolute atomic E-state index is 12.5. The van der Waals surface area contributed by atoms with Crippen molar-refractivity contribution in [3.05, 3.63) is 82.1 Å². The molecule has 134 valence electrons. The molecule has 1 heterocycles. The molecule has 2 N–H and O–H groups in total. The zero-order valence-electron chi connectivity index (χ0n) is 14.9. The van der Waals surface area contributed by atoms with Gasteiger partial charge in [0.2, 0.25) is 0 Å². The monoisotopic (exact) mass is 376 g/mol. The van der Waals surface area contributed by atoms with Crippen molar-refractivity contribution in [1.82, 2.24) is 4.98 Å². The first-order valence-corrected chi connectivity index (χ1v) is 8.64. The topological polar surface area (TPSA) is 77.8 Å². The number of aryl methyl sites for hydroxylation is 2. The molecule has 2 aromatic carbocycles. The average Bonchev–Trinajstić information content (AvgIpc) is 2.65. The third-order valence-corrected chi connectivity index (χ3v) is 4.25. The van der Waals surface area contributed by atoms with Crippen molar-refractivity contribution < 1.29 is 4.79 Å². The van der Waals surface area contributed by atoms with Gasteiger partial charge < -0.3 is 10.6 Å². The van der Waals surface area contributed by atoms with Gasteiger partial charge in [-0.3, -0.25) is 9.78 Å². The molecular weight excluding hydrogens is 360 g/mol. The second-order valence-corrected chi connectivity index (χ2v) is 6.58. The van der Waals surface area contributed by atoms with Crippen molar-refractivity contribution in [2.45, 2.75) is 13.8 Å².